The molecule has 0 saturated carbocycles. The lowest BCUT2D eigenvalue weighted by Crippen LogP contribution is -2.52. The van der Waals surface area contributed by atoms with Gasteiger partial charge in [-0.25, -0.2) is 8.42 Å². The summed E-state index contributed by atoms with van der Waals surface area (Å²) in [5.41, 5.74) is 2.05. The van der Waals surface area contributed by atoms with Crippen molar-refractivity contribution in [2.45, 2.75) is 70.5 Å². The fourth-order valence-electron chi connectivity index (χ4n) is 4.13. The number of anilines is 1. The van der Waals surface area contributed by atoms with E-state index in [0.717, 1.165) is 16.3 Å². The fraction of sp³-hybridized carbons (Fsp3) is 0.355. The molecule has 0 unspecified atom stereocenters. The van der Waals surface area contributed by atoms with Gasteiger partial charge in [-0.1, -0.05) is 80.9 Å². The zero-order valence-electron chi connectivity index (χ0n) is 23.7. The smallest absolute Gasteiger partial charge is 0.264 e. The number of nitrogens with zero attached hydrogens (tertiary/aromatic N) is 2. The number of nitrogens with one attached hydrogen (secondary N) is 1. The van der Waals surface area contributed by atoms with Crippen molar-refractivity contribution in [1.29, 1.82) is 0 Å². The van der Waals surface area contributed by atoms with Gasteiger partial charge in [-0.15, -0.1) is 0 Å². The Morgan fingerprint density at radius 3 is 2.05 bits per heavy atom. The molecule has 214 valence electrons. The van der Waals surface area contributed by atoms with Crippen molar-refractivity contribution in [3.05, 3.63) is 95.0 Å². The van der Waals surface area contributed by atoms with Gasteiger partial charge in [0.2, 0.25) is 11.8 Å². The number of sulfonamides is 1. The van der Waals surface area contributed by atoms with Gasteiger partial charge in [-0.2, -0.15) is 0 Å². The maximum absolute atomic E-state index is 14.0. The normalized spacial score (nSPS) is 13.0. The fourth-order valence-corrected chi connectivity index (χ4v) is 5.76. The standard InChI is InChI=1S/C31H38ClN3O4S/c1-6-23(4)33-31(37)24(5)34(20-26-12-10-11-15-29(26)32)30(36)21-35(27-18-16-25(17-19-27)22(2)3)40(38,39)28-13-8-7-9-14-28/h7-19,22-24H,6,20-21H2,1-5H3,(H,33,37)/t23-,24+/m0/s1. The summed E-state index contributed by atoms with van der Waals surface area (Å²) in [4.78, 5) is 28.6. The van der Waals surface area contributed by atoms with E-state index in [9.17, 15) is 18.0 Å². The van der Waals surface area contributed by atoms with E-state index in [1.807, 2.05) is 26.0 Å². The van der Waals surface area contributed by atoms with E-state index in [-0.39, 0.29) is 29.3 Å². The van der Waals surface area contributed by atoms with Crippen molar-refractivity contribution < 1.29 is 18.0 Å². The second-order valence-corrected chi connectivity index (χ2v) is 12.4. The molecule has 3 aromatic rings. The number of carbonyl (C=O) groups excluding carboxylic acids is 2. The molecule has 9 heteroatoms. The third-order valence-corrected chi connectivity index (χ3v) is 9.08. The maximum atomic E-state index is 14.0. The zero-order chi connectivity index (χ0) is 29.4. The van der Waals surface area contributed by atoms with Crippen LogP contribution in [-0.4, -0.2) is 43.8 Å². The van der Waals surface area contributed by atoms with E-state index < -0.39 is 28.5 Å². The minimum absolute atomic E-state index is 0.0408. The highest BCUT2D eigenvalue weighted by Crippen LogP contribution is 2.27. The van der Waals surface area contributed by atoms with Crippen molar-refractivity contribution in [1.82, 2.24) is 10.2 Å². The summed E-state index contributed by atoms with van der Waals surface area (Å²) in [5, 5.41) is 3.38. The second kappa shape index (κ2) is 13.8. The monoisotopic (exact) mass is 583 g/mol. The lowest BCUT2D eigenvalue weighted by Gasteiger charge is -2.32. The first-order valence-corrected chi connectivity index (χ1v) is 15.3. The summed E-state index contributed by atoms with van der Waals surface area (Å²) >= 11 is 6.41. The van der Waals surface area contributed by atoms with E-state index in [1.165, 1.54) is 17.0 Å². The number of amides is 2. The van der Waals surface area contributed by atoms with E-state index in [1.54, 1.807) is 61.5 Å². The Morgan fingerprint density at radius 2 is 1.48 bits per heavy atom. The molecular weight excluding hydrogens is 546 g/mol. The highest BCUT2D eigenvalue weighted by atomic mass is 35.5. The number of benzene rings is 3. The molecule has 2 atom stereocenters. The molecule has 0 heterocycles. The molecular formula is C31H38ClN3O4S. The van der Waals surface area contributed by atoms with Crippen LogP contribution in [0.1, 0.15) is 58.1 Å². The molecule has 1 N–H and O–H groups in total. The first kappa shape index (κ1) is 31.2. The Labute approximate surface area is 243 Å². The molecule has 0 saturated heterocycles. The summed E-state index contributed by atoms with van der Waals surface area (Å²) in [5.74, 6) is -0.599. The molecule has 3 rings (SSSR count). The van der Waals surface area contributed by atoms with Crippen LogP contribution in [0, 0.1) is 0 Å². The molecule has 2 amide bonds. The molecule has 0 aliphatic heterocycles. The number of hydrogen-bond acceptors (Lipinski definition) is 4. The van der Waals surface area contributed by atoms with Crippen LogP contribution in [0.5, 0.6) is 0 Å². The van der Waals surface area contributed by atoms with Crippen LogP contribution in [0.25, 0.3) is 0 Å². The molecule has 0 bridgehead atoms. The molecule has 0 aliphatic rings. The predicted octanol–water partition coefficient (Wildman–Crippen LogP) is 5.99. The lowest BCUT2D eigenvalue weighted by atomic mass is 10.0. The molecule has 0 radical (unpaired) electrons. The van der Waals surface area contributed by atoms with Crippen molar-refractivity contribution in [3.8, 4) is 0 Å². The van der Waals surface area contributed by atoms with Crippen molar-refractivity contribution >= 4 is 39.1 Å². The summed E-state index contributed by atoms with van der Waals surface area (Å²) < 4.78 is 28.8. The molecule has 40 heavy (non-hydrogen) atoms. The Morgan fingerprint density at radius 1 is 0.875 bits per heavy atom. The van der Waals surface area contributed by atoms with Crippen LogP contribution in [0.2, 0.25) is 5.02 Å². The van der Waals surface area contributed by atoms with Gasteiger partial charge in [0, 0.05) is 17.6 Å². The molecule has 7 nitrogen and oxygen atoms in total. The Balaban J connectivity index is 2.04. The van der Waals surface area contributed by atoms with Crippen LogP contribution in [0.4, 0.5) is 5.69 Å². The van der Waals surface area contributed by atoms with Crippen LogP contribution in [-0.2, 0) is 26.2 Å². The van der Waals surface area contributed by atoms with E-state index in [2.05, 4.69) is 19.2 Å². The third kappa shape index (κ3) is 7.64. The lowest BCUT2D eigenvalue weighted by molar-refractivity contribution is -0.139. The Hall–Kier alpha value is -3.36. The van der Waals surface area contributed by atoms with Gasteiger partial charge >= 0.3 is 0 Å². The first-order valence-electron chi connectivity index (χ1n) is 13.5. The van der Waals surface area contributed by atoms with Crippen LogP contribution >= 0.6 is 11.6 Å². The minimum Gasteiger partial charge on any atom is -0.352 e. The Kier molecular flexibility index (Phi) is 10.8. The average molecular weight is 584 g/mol. The highest BCUT2D eigenvalue weighted by Gasteiger charge is 2.33. The van der Waals surface area contributed by atoms with Gasteiger partial charge in [0.1, 0.15) is 12.6 Å². The van der Waals surface area contributed by atoms with Crippen LogP contribution in [0.15, 0.2) is 83.8 Å². The van der Waals surface area contributed by atoms with Gasteiger partial charge in [-0.05, 0) is 67.6 Å². The van der Waals surface area contributed by atoms with E-state index in [4.69, 9.17) is 11.6 Å². The van der Waals surface area contributed by atoms with E-state index in [0.29, 0.717) is 16.3 Å². The third-order valence-electron chi connectivity index (χ3n) is 6.92. The highest BCUT2D eigenvalue weighted by molar-refractivity contribution is 7.92. The maximum Gasteiger partial charge on any atom is 0.264 e. The first-order chi connectivity index (χ1) is 18.9. The molecule has 3 aromatic carbocycles. The van der Waals surface area contributed by atoms with E-state index >= 15 is 0 Å². The number of hydrogen-bond donors (Lipinski definition) is 1. The summed E-state index contributed by atoms with van der Waals surface area (Å²) in [7, 11) is -4.11. The number of carbonyl (C=O) groups is 2. The second-order valence-electron chi connectivity index (χ2n) is 10.2. The summed E-state index contributed by atoms with van der Waals surface area (Å²) in [6, 6.07) is 21.3. The van der Waals surface area contributed by atoms with Crippen molar-refractivity contribution in [2.24, 2.45) is 0 Å². The minimum atomic E-state index is -4.11. The van der Waals surface area contributed by atoms with Gasteiger partial charge < -0.3 is 10.2 Å². The topological polar surface area (TPSA) is 86.8 Å². The van der Waals surface area contributed by atoms with Crippen molar-refractivity contribution in [3.63, 3.8) is 0 Å². The number of halogens is 1. The molecule has 0 spiro atoms. The zero-order valence-corrected chi connectivity index (χ0v) is 25.2. The van der Waals surface area contributed by atoms with Gasteiger partial charge in [0.25, 0.3) is 10.0 Å². The van der Waals surface area contributed by atoms with Crippen LogP contribution in [0.3, 0.4) is 0 Å². The SMILES string of the molecule is CC[C@H](C)NC(=O)[C@@H](C)N(Cc1ccccc1Cl)C(=O)CN(c1ccc(C(C)C)cc1)S(=O)(=O)c1ccccc1. The van der Waals surface area contributed by atoms with Gasteiger partial charge in [0.05, 0.1) is 10.6 Å². The average Bonchev–Trinajstić information content (AvgIpc) is 2.95. The molecule has 0 fully saturated rings. The van der Waals surface area contributed by atoms with Crippen LogP contribution < -0.4 is 9.62 Å². The summed E-state index contributed by atoms with van der Waals surface area (Å²) in [6.07, 6.45) is 0.729. The number of rotatable bonds is 12. The Bertz CT molecular complexity index is 1400. The predicted molar refractivity (Wildman–Crippen MR) is 161 cm³/mol. The van der Waals surface area contributed by atoms with Gasteiger partial charge in [-0.3, -0.25) is 13.9 Å². The molecule has 0 aromatic heterocycles. The quantitative estimate of drug-likeness (QED) is 0.284. The largest absolute Gasteiger partial charge is 0.352 e. The van der Waals surface area contributed by atoms with Crippen molar-refractivity contribution in [2.75, 3.05) is 10.8 Å². The summed E-state index contributed by atoms with van der Waals surface area (Å²) in [6.45, 7) is 9.13. The molecule has 0 aliphatic carbocycles. The van der Waals surface area contributed by atoms with Gasteiger partial charge in [0.15, 0.2) is 0 Å².